The molecule has 1 aromatic rings. The molecule has 4 nitrogen and oxygen atoms in total. The molecular formula is C13H18N2O2S. The molecular weight excluding hydrogens is 248 g/mol. The Balaban J connectivity index is 2.07. The summed E-state index contributed by atoms with van der Waals surface area (Å²) in [6.45, 7) is 2.62. The van der Waals surface area contributed by atoms with E-state index in [0.717, 1.165) is 17.9 Å². The summed E-state index contributed by atoms with van der Waals surface area (Å²) >= 11 is 1.51. The molecule has 5 heteroatoms. The molecule has 98 valence electrons. The zero-order valence-electron chi connectivity index (χ0n) is 10.4. The van der Waals surface area contributed by atoms with E-state index in [2.05, 4.69) is 10.3 Å². The average molecular weight is 266 g/mol. The molecule has 2 rings (SSSR count). The normalized spacial score (nSPS) is 18.3. The van der Waals surface area contributed by atoms with Crippen molar-refractivity contribution in [2.75, 3.05) is 12.3 Å². The Bertz CT molecular complexity index is 409. The van der Waals surface area contributed by atoms with E-state index in [1.165, 1.54) is 11.8 Å². The van der Waals surface area contributed by atoms with Crippen molar-refractivity contribution in [3.05, 3.63) is 24.4 Å². The monoisotopic (exact) mass is 266 g/mol. The Hall–Kier alpha value is -1.07. The van der Waals surface area contributed by atoms with Crippen molar-refractivity contribution in [1.82, 2.24) is 10.3 Å². The van der Waals surface area contributed by atoms with Crippen LogP contribution in [-0.4, -0.2) is 33.9 Å². The third-order valence-electron chi connectivity index (χ3n) is 3.23. The highest BCUT2D eigenvalue weighted by Gasteiger charge is 2.50. The molecule has 1 heterocycles. The minimum atomic E-state index is -0.795. The zero-order valence-corrected chi connectivity index (χ0v) is 11.2. The number of thioether (sulfide) groups is 1. The molecule has 0 spiro atoms. The van der Waals surface area contributed by atoms with Gasteiger partial charge in [0, 0.05) is 11.9 Å². The van der Waals surface area contributed by atoms with E-state index in [1.54, 1.807) is 6.20 Å². The van der Waals surface area contributed by atoms with E-state index in [4.69, 9.17) is 0 Å². The van der Waals surface area contributed by atoms with Gasteiger partial charge in [-0.3, -0.25) is 4.79 Å². The molecule has 0 amide bonds. The van der Waals surface area contributed by atoms with E-state index in [0.29, 0.717) is 12.3 Å². The Labute approximate surface area is 111 Å². The number of aromatic nitrogens is 1. The minimum absolute atomic E-state index is 0.256. The van der Waals surface area contributed by atoms with Crippen LogP contribution in [0.15, 0.2) is 29.4 Å². The number of nitrogens with zero attached hydrogens (tertiary/aromatic N) is 1. The van der Waals surface area contributed by atoms with Crippen LogP contribution in [0.4, 0.5) is 0 Å². The maximum absolute atomic E-state index is 11.6. The molecule has 2 N–H and O–H groups in total. The summed E-state index contributed by atoms with van der Waals surface area (Å²) in [4.78, 5) is 15.8. The largest absolute Gasteiger partial charge is 0.480 e. The van der Waals surface area contributed by atoms with Gasteiger partial charge in [0.2, 0.25) is 0 Å². The van der Waals surface area contributed by atoms with Crippen LogP contribution in [0.1, 0.15) is 19.8 Å². The van der Waals surface area contributed by atoms with Gasteiger partial charge in [-0.1, -0.05) is 13.0 Å². The Kier molecular flexibility index (Phi) is 4.24. The molecule has 0 saturated heterocycles. The highest BCUT2D eigenvalue weighted by molar-refractivity contribution is 7.99. The van der Waals surface area contributed by atoms with Crippen molar-refractivity contribution in [2.45, 2.75) is 30.3 Å². The summed E-state index contributed by atoms with van der Waals surface area (Å²) in [6.07, 6.45) is 3.74. The second-order valence-electron chi connectivity index (χ2n) is 4.54. The summed E-state index contributed by atoms with van der Waals surface area (Å²) in [7, 11) is 0. The van der Waals surface area contributed by atoms with Crippen LogP contribution in [0.5, 0.6) is 0 Å². The third-order valence-corrected chi connectivity index (χ3v) is 4.37. The molecule has 0 aromatic carbocycles. The summed E-state index contributed by atoms with van der Waals surface area (Å²) in [5, 5.41) is 13.6. The molecule has 1 atom stereocenters. The van der Waals surface area contributed by atoms with Gasteiger partial charge in [0.05, 0.1) is 5.03 Å². The maximum Gasteiger partial charge on any atom is 0.325 e. The number of carbonyl (C=O) groups is 1. The predicted molar refractivity (Wildman–Crippen MR) is 71.7 cm³/mol. The van der Waals surface area contributed by atoms with E-state index in [9.17, 15) is 9.90 Å². The number of hydrogen-bond donors (Lipinski definition) is 2. The van der Waals surface area contributed by atoms with Gasteiger partial charge in [-0.25, -0.2) is 4.98 Å². The maximum atomic E-state index is 11.6. The van der Waals surface area contributed by atoms with Crippen molar-refractivity contribution >= 4 is 17.7 Å². The lowest BCUT2D eigenvalue weighted by Crippen LogP contribution is -2.56. The smallest absolute Gasteiger partial charge is 0.325 e. The van der Waals surface area contributed by atoms with Gasteiger partial charge >= 0.3 is 5.97 Å². The first-order valence-corrected chi connectivity index (χ1v) is 7.20. The lowest BCUT2D eigenvalue weighted by atomic mass is 9.96. The van der Waals surface area contributed by atoms with Crippen molar-refractivity contribution in [2.24, 2.45) is 5.92 Å². The van der Waals surface area contributed by atoms with E-state index >= 15 is 0 Å². The zero-order chi connectivity index (χ0) is 13.0. The van der Waals surface area contributed by atoms with Gasteiger partial charge in [-0.05, 0) is 37.4 Å². The molecule has 1 unspecified atom stereocenters. The van der Waals surface area contributed by atoms with Gasteiger partial charge in [-0.15, -0.1) is 11.8 Å². The fraction of sp³-hybridized carbons (Fsp3) is 0.538. The van der Waals surface area contributed by atoms with Gasteiger partial charge in [-0.2, -0.15) is 0 Å². The number of likely N-dealkylation sites (N-methyl/N-ethyl adjacent to an activating group) is 1. The first kappa shape index (κ1) is 13.4. The first-order valence-electron chi connectivity index (χ1n) is 6.21. The first-order chi connectivity index (χ1) is 8.69. The Morgan fingerprint density at radius 3 is 2.89 bits per heavy atom. The highest BCUT2D eigenvalue weighted by atomic mass is 32.2. The van der Waals surface area contributed by atoms with Crippen molar-refractivity contribution in [3.63, 3.8) is 0 Å². The number of nitrogens with one attached hydrogen (secondary N) is 1. The van der Waals surface area contributed by atoms with Crippen molar-refractivity contribution < 1.29 is 9.90 Å². The topological polar surface area (TPSA) is 62.2 Å². The van der Waals surface area contributed by atoms with E-state index < -0.39 is 11.5 Å². The number of aliphatic carboxylic acids is 1. The van der Waals surface area contributed by atoms with Crippen molar-refractivity contribution in [1.29, 1.82) is 0 Å². The van der Waals surface area contributed by atoms with E-state index in [-0.39, 0.29) is 5.92 Å². The molecule has 0 aliphatic heterocycles. The number of pyridine rings is 1. The standard InChI is InChI=1S/C13H18N2O2S/c1-2-15-13(12(16)17,10-6-7-10)9-18-11-5-3-4-8-14-11/h3-5,8,10,15H,2,6-7,9H2,1H3,(H,16,17). The Morgan fingerprint density at radius 1 is 1.61 bits per heavy atom. The van der Waals surface area contributed by atoms with Crippen molar-refractivity contribution in [3.8, 4) is 0 Å². The van der Waals surface area contributed by atoms with E-state index in [1.807, 2.05) is 25.1 Å². The van der Waals surface area contributed by atoms with Gasteiger partial charge < -0.3 is 10.4 Å². The van der Waals surface area contributed by atoms with Gasteiger partial charge in [0.25, 0.3) is 0 Å². The fourth-order valence-corrected chi connectivity index (χ4v) is 3.28. The van der Waals surface area contributed by atoms with Crippen LogP contribution in [-0.2, 0) is 4.79 Å². The van der Waals surface area contributed by atoms with Gasteiger partial charge in [0.15, 0.2) is 0 Å². The number of carboxylic acids is 1. The van der Waals surface area contributed by atoms with Crippen LogP contribution >= 0.6 is 11.8 Å². The molecule has 1 aliphatic carbocycles. The average Bonchev–Trinajstić information content (AvgIpc) is 3.20. The van der Waals surface area contributed by atoms with Crippen LogP contribution in [0.2, 0.25) is 0 Å². The molecule has 0 bridgehead atoms. The summed E-state index contributed by atoms with van der Waals surface area (Å²) in [5.74, 6) is 0.0409. The van der Waals surface area contributed by atoms with Crippen LogP contribution in [0.25, 0.3) is 0 Å². The summed E-state index contributed by atoms with van der Waals surface area (Å²) in [6, 6.07) is 5.69. The van der Waals surface area contributed by atoms with Gasteiger partial charge in [0.1, 0.15) is 5.54 Å². The second kappa shape index (κ2) is 5.71. The molecule has 1 aromatic heterocycles. The molecule has 1 fully saturated rings. The predicted octanol–water partition coefficient (Wildman–Crippen LogP) is 2.02. The van der Waals surface area contributed by atoms with Crippen LogP contribution in [0, 0.1) is 5.92 Å². The molecule has 18 heavy (non-hydrogen) atoms. The van der Waals surface area contributed by atoms with Crippen LogP contribution < -0.4 is 5.32 Å². The highest BCUT2D eigenvalue weighted by Crippen LogP contribution is 2.42. The third kappa shape index (κ3) is 2.84. The minimum Gasteiger partial charge on any atom is -0.480 e. The molecule has 0 radical (unpaired) electrons. The molecule has 1 aliphatic rings. The quantitative estimate of drug-likeness (QED) is 0.739. The second-order valence-corrected chi connectivity index (χ2v) is 5.53. The number of carboxylic acid groups (broad SMARTS) is 1. The fourth-order valence-electron chi connectivity index (χ4n) is 2.14. The Morgan fingerprint density at radius 2 is 2.39 bits per heavy atom. The summed E-state index contributed by atoms with van der Waals surface area (Å²) < 4.78 is 0. The summed E-state index contributed by atoms with van der Waals surface area (Å²) in [5.41, 5.74) is -0.795. The lowest BCUT2D eigenvalue weighted by molar-refractivity contribution is -0.144. The lowest BCUT2D eigenvalue weighted by Gasteiger charge is -2.30. The number of rotatable bonds is 7. The van der Waals surface area contributed by atoms with Crippen LogP contribution in [0.3, 0.4) is 0 Å². The SMILES string of the molecule is CCNC(CSc1ccccn1)(C(=O)O)C1CC1. The molecule has 1 saturated carbocycles. The number of hydrogen-bond acceptors (Lipinski definition) is 4.